The van der Waals surface area contributed by atoms with Gasteiger partial charge in [0.1, 0.15) is 10.4 Å². The summed E-state index contributed by atoms with van der Waals surface area (Å²) in [7, 11) is 6.10. The third-order valence-corrected chi connectivity index (χ3v) is 2.55. The lowest BCUT2D eigenvalue weighted by Crippen LogP contribution is -2.25. The van der Waals surface area contributed by atoms with E-state index < -0.39 is 0 Å². The van der Waals surface area contributed by atoms with E-state index in [1.54, 1.807) is 6.07 Å². The maximum atomic E-state index is 5.66. The lowest BCUT2D eigenvalue weighted by molar-refractivity contribution is 0.401. The molecule has 0 aromatic carbocycles. The molecule has 1 rings (SSSR count). The number of nitrogens with two attached hydrogens (primary N) is 1. The summed E-state index contributed by atoms with van der Waals surface area (Å²) in [6, 6.07) is 1.69. The van der Waals surface area contributed by atoms with E-state index in [1.807, 2.05) is 11.9 Å². The average molecular weight is 288 g/mol. The lowest BCUT2D eigenvalue weighted by Gasteiger charge is -2.18. The fourth-order valence-electron chi connectivity index (χ4n) is 1.32. The molecule has 0 aliphatic heterocycles. The van der Waals surface area contributed by atoms with Gasteiger partial charge in [0, 0.05) is 19.7 Å². The Bertz CT molecular complexity index is 322. The predicted octanol–water partition coefficient (Wildman–Crippen LogP) is 1.21. The van der Waals surface area contributed by atoms with Gasteiger partial charge in [-0.1, -0.05) is 0 Å². The average Bonchev–Trinajstić information content (AvgIpc) is 2.15. The summed E-state index contributed by atoms with van der Waals surface area (Å²) < 4.78 is 0.717. The number of nitrogens with zero attached hydrogens (tertiary/aromatic N) is 4. The summed E-state index contributed by atoms with van der Waals surface area (Å²) >= 11 is 3.31. The van der Waals surface area contributed by atoms with Crippen LogP contribution < -0.4 is 10.6 Å². The third-order valence-electron chi connectivity index (χ3n) is 2.14. The molecule has 0 aliphatic rings. The van der Waals surface area contributed by atoms with Gasteiger partial charge in [-0.3, -0.25) is 0 Å². The molecule has 1 aromatic heterocycles. The molecule has 0 atom stereocenters. The molecule has 0 radical (unpaired) electrons. The monoisotopic (exact) mass is 287 g/mol. The van der Waals surface area contributed by atoms with Crippen LogP contribution in [0.3, 0.4) is 0 Å². The zero-order valence-electron chi connectivity index (χ0n) is 9.94. The Morgan fingerprint density at radius 3 is 2.50 bits per heavy atom. The Balaban J connectivity index is 2.55. The first-order valence-corrected chi connectivity index (χ1v) is 5.94. The Hall–Kier alpha value is -0.880. The van der Waals surface area contributed by atoms with Gasteiger partial charge in [-0.15, -0.1) is 0 Å². The minimum Gasteiger partial charge on any atom is -0.383 e. The molecule has 0 bridgehead atoms. The maximum Gasteiger partial charge on any atom is 0.228 e. The summed E-state index contributed by atoms with van der Waals surface area (Å²) in [4.78, 5) is 12.6. The lowest BCUT2D eigenvalue weighted by atomic mass is 10.4. The SMILES string of the molecule is CN(C)CCCN(C)c1nc(N)cc(Br)n1. The standard InChI is InChI=1S/C10H18BrN5/c1-15(2)5-4-6-16(3)10-13-8(11)7-9(12)14-10/h7H,4-6H2,1-3H3,(H2,12,13,14). The first-order valence-electron chi connectivity index (χ1n) is 5.15. The molecule has 0 fully saturated rings. The van der Waals surface area contributed by atoms with Crippen molar-refractivity contribution in [3.63, 3.8) is 0 Å². The fourth-order valence-corrected chi connectivity index (χ4v) is 1.71. The highest BCUT2D eigenvalue weighted by Crippen LogP contribution is 2.14. The van der Waals surface area contributed by atoms with Crippen LogP contribution in [0.4, 0.5) is 11.8 Å². The molecular formula is C10H18BrN5. The third kappa shape index (κ3) is 4.32. The number of anilines is 2. The Labute approximate surface area is 105 Å². The quantitative estimate of drug-likeness (QED) is 0.825. The van der Waals surface area contributed by atoms with Crippen molar-refractivity contribution in [3.8, 4) is 0 Å². The van der Waals surface area contributed by atoms with Crippen molar-refractivity contribution in [2.45, 2.75) is 6.42 Å². The molecule has 0 amide bonds. The van der Waals surface area contributed by atoms with Crippen LogP contribution in [0.5, 0.6) is 0 Å². The summed E-state index contributed by atoms with van der Waals surface area (Å²) in [6.45, 7) is 1.96. The van der Waals surface area contributed by atoms with E-state index in [2.05, 4.69) is 44.9 Å². The highest BCUT2D eigenvalue weighted by molar-refractivity contribution is 9.10. The zero-order valence-corrected chi connectivity index (χ0v) is 11.5. The van der Waals surface area contributed by atoms with E-state index in [0.717, 1.165) is 24.1 Å². The zero-order chi connectivity index (χ0) is 12.1. The Morgan fingerprint density at radius 1 is 1.25 bits per heavy atom. The van der Waals surface area contributed by atoms with Crippen molar-refractivity contribution in [1.29, 1.82) is 0 Å². The topological polar surface area (TPSA) is 58.3 Å². The van der Waals surface area contributed by atoms with Crippen molar-refractivity contribution in [3.05, 3.63) is 10.7 Å². The van der Waals surface area contributed by atoms with Crippen molar-refractivity contribution in [2.24, 2.45) is 0 Å². The molecule has 0 saturated heterocycles. The van der Waals surface area contributed by atoms with Gasteiger partial charge in [-0.2, -0.15) is 4.98 Å². The van der Waals surface area contributed by atoms with Gasteiger partial charge in [0.2, 0.25) is 5.95 Å². The van der Waals surface area contributed by atoms with Crippen LogP contribution in [-0.2, 0) is 0 Å². The van der Waals surface area contributed by atoms with E-state index in [1.165, 1.54) is 0 Å². The first kappa shape index (κ1) is 13.2. The van der Waals surface area contributed by atoms with Crippen LogP contribution in [0.2, 0.25) is 0 Å². The van der Waals surface area contributed by atoms with E-state index in [4.69, 9.17) is 5.73 Å². The molecule has 5 nitrogen and oxygen atoms in total. The first-order chi connectivity index (χ1) is 7.49. The van der Waals surface area contributed by atoms with Crippen molar-refractivity contribution in [1.82, 2.24) is 14.9 Å². The number of hydrogen-bond donors (Lipinski definition) is 1. The van der Waals surface area contributed by atoms with Gasteiger partial charge in [-0.05, 0) is 43.0 Å². The molecule has 1 heterocycles. The molecular weight excluding hydrogens is 270 g/mol. The van der Waals surface area contributed by atoms with E-state index >= 15 is 0 Å². The molecule has 0 unspecified atom stereocenters. The van der Waals surface area contributed by atoms with E-state index in [9.17, 15) is 0 Å². The molecule has 90 valence electrons. The Kier molecular flexibility index (Phi) is 4.95. The summed E-state index contributed by atoms with van der Waals surface area (Å²) in [6.07, 6.45) is 1.07. The van der Waals surface area contributed by atoms with E-state index in [-0.39, 0.29) is 0 Å². The highest BCUT2D eigenvalue weighted by Gasteiger charge is 2.06. The minimum atomic E-state index is 0.483. The smallest absolute Gasteiger partial charge is 0.228 e. The number of hydrogen-bond acceptors (Lipinski definition) is 5. The van der Waals surface area contributed by atoms with Crippen molar-refractivity contribution in [2.75, 3.05) is 44.9 Å². The van der Waals surface area contributed by atoms with Gasteiger partial charge < -0.3 is 15.5 Å². The number of rotatable bonds is 5. The fraction of sp³-hybridized carbons (Fsp3) is 0.600. The van der Waals surface area contributed by atoms with Gasteiger partial charge in [0.05, 0.1) is 0 Å². The van der Waals surface area contributed by atoms with Crippen LogP contribution in [0.1, 0.15) is 6.42 Å². The van der Waals surface area contributed by atoms with Gasteiger partial charge >= 0.3 is 0 Å². The second-order valence-electron chi connectivity index (χ2n) is 3.99. The molecule has 2 N–H and O–H groups in total. The van der Waals surface area contributed by atoms with Crippen LogP contribution in [0.15, 0.2) is 10.7 Å². The van der Waals surface area contributed by atoms with Crippen LogP contribution in [0, 0.1) is 0 Å². The highest BCUT2D eigenvalue weighted by atomic mass is 79.9. The molecule has 16 heavy (non-hydrogen) atoms. The van der Waals surface area contributed by atoms with Gasteiger partial charge in [0.15, 0.2) is 0 Å². The maximum absolute atomic E-state index is 5.66. The minimum absolute atomic E-state index is 0.483. The molecule has 0 spiro atoms. The van der Waals surface area contributed by atoms with E-state index in [0.29, 0.717) is 11.8 Å². The summed E-state index contributed by atoms with van der Waals surface area (Å²) in [5, 5.41) is 0. The number of aromatic nitrogens is 2. The summed E-state index contributed by atoms with van der Waals surface area (Å²) in [5.41, 5.74) is 5.66. The van der Waals surface area contributed by atoms with Gasteiger partial charge in [0.25, 0.3) is 0 Å². The molecule has 1 aromatic rings. The molecule has 0 aliphatic carbocycles. The second kappa shape index (κ2) is 6.00. The molecule has 6 heteroatoms. The van der Waals surface area contributed by atoms with Crippen molar-refractivity contribution < 1.29 is 0 Å². The summed E-state index contributed by atoms with van der Waals surface area (Å²) in [5.74, 6) is 1.14. The van der Waals surface area contributed by atoms with Gasteiger partial charge in [-0.25, -0.2) is 4.98 Å². The normalized spacial score (nSPS) is 10.8. The largest absolute Gasteiger partial charge is 0.383 e. The molecule has 0 saturated carbocycles. The van der Waals surface area contributed by atoms with Crippen LogP contribution >= 0.6 is 15.9 Å². The number of nitrogen functional groups attached to an aromatic ring is 1. The Morgan fingerprint density at radius 2 is 1.94 bits per heavy atom. The van der Waals surface area contributed by atoms with Crippen LogP contribution in [-0.4, -0.2) is 49.1 Å². The second-order valence-corrected chi connectivity index (χ2v) is 4.81. The van der Waals surface area contributed by atoms with Crippen molar-refractivity contribution >= 4 is 27.7 Å². The predicted molar refractivity (Wildman–Crippen MR) is 70.6 cm³/mol. The number of halogens is 1. The van der Waals surface area contributed by atoms with Crippen LogP contribution in [0.25, 0.3) is 0 Å².